The van der Waals surface area contributed by atoms with E-state index in [-0.39, 0.29) is 5.91 Å². The first-order valence-corrected chi connectivity index (χ1v) is 5.44. The third-order valence-corrected chi connectivity index (χ3v) is 2.99. The fourth-order valence-corrected chi connectivity index (χ4v) is 2.24. The molecule has 3 rings (SSSR count). The number of hydrogen-bond donors (Lipinski definition) is 1. The van der Waals surface area contributed by atoms with E-state index in [0.29, 0.717) is 6.42 Å². The molecule has 1 aliphatic heterocycles. The maximum atomic E-state index is 11.4. The van der Waals surface area contributed by atoms with Gasteiger partial charge in [-0.25, -0.2) is 0 Å². The minimum atomic E-state index is 0.0377. The Hall–Kier alpha value is -2.17. The molecule has 0 radical (unpaired) electrons. The van der Waals surface area contributed by atoms with E-state index in [1.165, 1.54) is 0 Å². The number of hydrogen-bond acceptors (Lipinski definition) is 3. The van der Waals surface area contributed by atoms with Crippen molar-refractivity contribution in [1.82, 2.24) is 15.0 Å². The minimum Gasteiger partial charge on any atom is -0.326 e. The van der Waals surface area contributed by atoms with Crippen LogP contribution >= 0.6 is 0 Å². The van der Waals surface area contributed by atoms with Gasteiger partial charge in [0.2, 0.25) is 5.91 Å². The van der Waals surface area contributed by atoms with Crippen LogP contribution in [0.3, 0.4) is 0 Å². The maximum absolute atomic E-state index is 11.4. The number of amides is 1. The summed E-state index contributed by atoms with van der Waals surface area (Å²) in [5.41, 5.74) is 4.87. The van der Waals surface area contributed by atoms with Crippen molar-refractivity contribution < 1.29 is 4.79 Å². The Morgan fingerprint density at radius 2 is 2.24 bits per heavy atom. The lowest BCUT2D eigenvalue weighted by molar-refractivity contribution is -0.115. The van der Waals surface area contributed by atoms with Gasteiger partial charge in [-0.1, -0.05) is 11.3 Å². The van der Waals surface area contributed by atoms with Gasteiger partial charge in [-0.2, -0.15) is 0 Å². The number of nitrogens with zero attached hydrogens (tertiary/aromatic N) is 3. The molecular weight excluding hydrogens is 216 g/mol. The Kier molecular flexibility index (Phi) is 2.01. The molecular formula is C12H12N4O. The lowest BCUT2D eigenvalue weighted by Gasteiger charge is -2.07. The third-order valence-electron chi connectivity index (χ3n) is 2.99. The average Bonchev–Trinajstić information content (AvgIpc) is 2.83. The summed E-state index contributed by atoms with van der Waals surface area (Å²) in [7, 11) is 1.83. The van der Waals surface area contributed by atoms with E-state index in [0.717, 1.165) is 28.1 Å². The summed E-state index contributed by atoms with van der Waals surface area (Å²) in [4.78, 5) is 11.4. The summed E-state index contributed by atoms with van der Waals surface area (Å²) in [6.07, 6.45) is 2.29. The second-order valence-electron chi connectivity index (χ2n) is 4.29. The Morgan fingerprint density at radius 1 is 1.41 bits per heavy atom. The molecule has 0 aliphatic carbocycles. The number of anilines is 1. The average molecular weight is 228 g/mol. The van der Waals surface area contributed by atoms with Crippen LogP contribution in [0.1, 0.15) is 11.1 Å². The van der Waals surface area contributed by atoms with Gasteiger partial charge in [0, 0.05) is 18.3 Å². The van der Waals surface area contributed by atoms with Crippen LogP contribution in [0.5, 0.6) is 0 Å². The van der Waals surface area contributed by atoms with Crippen LogP contribution in [0.4, 0.5) is 5.69 Å². The van der Waals surface area contributed by atoms with Crippen molar-refractivity contribution in [2.24, 2.45) is 7.05 Å². The Balaban J connectivity index is 2.23. The molecule has 1 aromatic heterocycles. The quantitative estimate of drug-likeness (QED) is 0.800. The van der Waals surface area contributed by atoms with E-state index < -0.39 is 0 Å². The predicted octanol–water partition coefficient (Wildman–Crippen LogP) is 1.29. The summed E-state index contributed by atoms with van der Waals surface area (Å²) in [5.74, 6) is 0.0377. The first-order valence-electron chi connectivity index (χ1n) is 5.44. The van der Waals surface area contributed by atoms with Gasteiger partial charge in [0.05, 0.1) is 12.6 Å². The predicted molar refractivity (Wildman–Crippen MR) is 63.5 cm³/mol. The zero-order valence-electron chi connectivity index (χ0n) is 9.69. The molecule has 5 heteroatoms. The molecule has 0 fully saturated rings. The lowest BCUT2D eigenvalue weighted by atomic mass is 9.97. The van der Waals surface area contributed by atoms with Crippen LogP contribution in [0, 0.1) is 6.92 Å². The number of fused-ring (bicyclic) bond motifs is 1. The van der Waals surface area contributed by atoms with Crippen LogP contribution in [0.2, 0.25) is 0 Å². The van der Waals surface area contributed by atoms with Crippen LogP contribution in [-0.2, 0) is 18.3 Å². The first kappa shape index (κ1) is 10.0. The number of carbonyl (C=O) groups is 1. The summed E-state index contributed by atoms with van der Waals surface area (Å²) in [5, 5.41) is 10.9. The molecule has 0 atom stereocenters. The van der Waals surface area contributed by atoms with Gasteiger partial charge >= 0.3 is 0 Å². The highest BCUT2D eigenvalue weighted by Gasteiger charge is 2.23. The van der Waals surface area contributed by atoms with Crippen LogP contribution in [0.15, 0.2) is 18.3 Å². The molecule has 17 heavy (non-hydrogen) atoms. The van der Waals surface area contributed by atoms with Crippen LogP contribution < -0.4 is 5.32 Å². The van der Waals surface area contributed by atoms with Gasteiger partial charge in [-0.05, 0) is 24.1 Å². The monoisotopic (exact) mass is 228 g/mol. The zero-order valence-corrected chi connectivity index (χ0v) is 9.69. The van der Waals surface area contributed by atoms with Gasteiger partial charge in [0.25, 0.3) is 0 Å². The second kappa shape index (κ2) is 3.41. The van der Waals surface area contributed by atoms with E-state index >= 15 is 0 Å². The Bertz CT molecular complexity index is 615. The molecule has 0 saturated carbocycles. The van der Waals surface area contributed by atoms with E-state index in [9.17, 15) is 4.79 Å². The highest BCUT2D eigenvalue weighted by atomic mass is 16.1. The Labute approximate surface area is 98.4 Å². The van der Waals surface area contributed by atoms with Gasteiger partial charge in [-0.3, -0.25) is 9.48 Å². The maximum Gasteiger partial charge on any atom is 0.228 e. The van der Waals surface area contributed by atoms with Crippen LogP contribution in [0.25, 0.3) is 11.3 Å². The van der Waals surface area contributed by atoms with E-state index in [4.69, 9.17) is 0 Å². The molecule has 1 aliphatic rings. The van der Waals surface area contributed by atoms with Crippen molar-refractivity contribution in [1.29, 1.82) is 0 Å². The number of carbonyl (C=O) groups excluding carboxylic acids is 1. The van der Waals surface area contributed by atoms with Crippen LogP contribution in [-0.4, -0.2) is 20.9 Å². The van der Waals surface area contributed by atoms with Crippen molar-refractivity contribution in [3.05, 3.63) is 29.5 Å². The van der Waals surface area contributed by atoms with Crippen molar-refractivity contribution >= 4 is 11.6 Å². The first-order chi connectivity index (χ1) is 8.15. The van der Waals surface area contributed by atoms with Crippen molar-refractivity contribution in [2.45, 2.75) is 13.3 Å². The summed E-state index contributed by atoms with van der Waals surface area (Å²) in [6, 6.07) is 3.93. The topological polar surface area (TPSA) is 59.8 Å². The molecule has 86 valence electrons. The minimum absolute atomic E-state index is 0.0377. The number of nitrogens with one attached hydrogen (secondary N) is 1. The van der Waals surface area contributed by atoms with Gasteiger partial charge in [0.15, 0.2) is 0 Å². The Morgan fingerprint density at radius 3 is 2.94 bits per heavy atom. The highest BCUT2D eigenvalue weighted by molar-refractivity contribution is 6.02. The van der Waals surface area contributed by atoms with Crippen molar-refractivity contribution in [3.63, 3.8) is 0 Å². The molecule has 2 aromatic rings. The SMILES string of the molecule is Cc1ccc2c(c1-c1cn(C)nn1)CC(=O)N2. The summed E-state index contributed by atoms with van der Waals surface area (Å²) < 4.78 is 1.67. The smallest absolute Gasteiger partial charge is 0.228 e. The molecule has 0 spiro atoms. The standard InChI is InChI=1S/C12H12N4O/c1-7-3-4-9-8(5-11(17)13-9)12(7)10-6-16(2)15-14-10/h3-4,6H,5H2,1-2H3,(H,13,17). The number of rotatable bonds is 1. The lowest BCUT2D eigenvalue weighted by Crippen LogP contribution is -2.03. The second-order valence-corrected chi connectivity index (χ2v) is 4.29. The summed E-state index contributed by atoms with van der Waals surface area (Å²) in [6.45, 7) is 2.02. The van der Waals surface area contributed by atoms with E-state index in [1.807, 2.05) is 32.3 Å². The third kappa shape index (κ3) is 1.51. The van der Waals surface area contributed by atoms with Gasteiger partial charge in [0.1, 0.15) is 5.69 Å². The fourth-order valence-electron chi connectivity index (χ4n) is 2.24. The normalized spacial score (nSPS) is 13.6. The number of aryl methyl sites for hydroxylation is 2. The van der Waals surface area contributed by atoms with Gasteiger partial charge < -0.3 is 5.32 Å². The molecule has 0 bridgehead atoms. The van der Waals surface area contributed by atoms with Crippen molar-refractivity contribution in [3.8, 4) is 11.3 Å². The summed E-state index contributed by atoms with van der Waals surface area (Å²) >= 11 is 0. The largest absolute Gasteiger partial charge is 0.326 e. The molecule has 0 saturated heterocycles. The van der Waals surface area contributed by atoms with E-state index in [1.54, 1.807) is 4.68 Å². The fraction of sp³-hybridized carbons (Fsp3) is 0.250. The number of benzene rings is 1. The molecule has 2 heterocycles. The molecule has 1 aromatic carbocycles. The number of aromatic nitrogens is 3. The van der Waals surface area contributed by atoms with Gasteiger partial charge in [-0.15, -0.1) is 5.10 Å². The zero-order chi connectivity index (χ0) is 12.0. The molecule has 5 nitrogen and oxygen atoms in total. The van der Waals surface area contributed by atoms with Crippen molar-refractivity contribution in [2.75, 3.05) is 5.32 Å². The molecule has 1 amide bonds. The molecule has 1 N–H and O–H groups in total. The van der Waals surface area contributed by atoms with E-state index in [2.05, 4.69) is 15.6 Å². The molecule has 0 unspecified atom stereocenters. The highest BCUT2D eigenvalue weighted by Crippen LogP contribution is 2.34.